The topological polar surface area (TPSA) is 92.0 Å². The Morgan fingerprint density at radius 3 is 2.45 bits per heavy atom. The second kappa shape index (κ2) is 8.60. The Morgan fingerprint density at radius 2 is 1.76 bits per heavy atom. The number of hydrogen-bond acceptors (Lipinski definition) is 5. The van der Waals surface area contributed by atoms with E-state index in [4.69, 9.17) is 4.98 Å². The highest BCUT2D eigenvalue weighted by Crippen LogP contribution is 2.32. The first kappa shape index (κ1) is 21.0. The Bertz CT molecular complexity index is 1400. The van der Waals surface area contributed by atoms with Crippen LogP contribution in [0.2, 0.25) is 0 Å². The minimum absolute atomic E-state index is 0.551. The third-order valence-corrected chi connectivity index (χ3v) is 6.02. The third kappa shape index (κ3) is 3.81. The molecule has 166 valence electrons. The smallest absolute Gasteiger partial charge is 0.205 e. The molecule has 3 aromatic heterocycles. The van der Waals surface area contributed by atoms with Crippen molar-refractivity contribution in [2.45, 2.75) is 39.7 Å². The third-order valence-electron chi connectivity index (χ3n) is 6.02. The molecular formula is C26H26N6O. The number of fused-ring (bicyclic) bond motifs is 1. The summed E-state index contributed by atoms with van der Waals surface area (Å²) in [4.78, 5) is 4.80. The summed E-state index contributed by atoms with van der Waals surface area (Å²) in [6.45, 7) is 6.26. The number of aromatic nitrogens is 6. The predicted molar refractivity (Wildman–Crippen MR) is 128 cm³/mol. The van der Waals surface area contributed by atoms with Crippen LogP contribution in [0.15, 0.2) is 60.8 Å². The van der Waals surface area contributed by atoms with Crippen molar-refractivity contribution in [1.82, 2.24) is 30.0 Å². The van der Waals surface area contributed by atoms with Gasteiger partial charge < -0.3 is 9.51 Å². The quantitative estimate of drug-likeness (QED) is 0.396. The van der Waals surface area contributed by atoms with Gasteiger partial charge in [0.05, 0.1) is 11.4 Å². The second-order valence-electron chi connectivity index (χ2n) is 8.38. The van der Waals surface area contributed by atoms with E-state index in [1.54, 1.807) is 0 Å². The van der Waals surface area contributed by atoms with Crippen molar-refractivity contribution in [3.63, 3.8) is 0 Å². The van der Waals surface area contributed by atoms with Gasteiger partial charge in [0.1, 0.15) is 11.8 Å². The van der Waals surface area contributed by atoms with Crippen LogP contribution in [0, 0.1) is 13.8 Å². The van der Waals surface area contributed by atoms with Gasteiger partial charge in [0.15, 0.2) is 0 Å². The number of pyridine rings is 1. The molecular weight excluding hydrogens is 412 g/mol. The van der Waals surface area contributed by atoms with Crippen LogP contribution in [0.3, 0.4) is 0 Å². The number of tetrazole rings is 1. The highest BCUT2D eigenvalue weighted by Gasteiger charge is 2.20. The summed E-state index contributed by atoms with van der Waals surface area (Å²) in [7, 11) is 0. The number of aromatic amines is 1. The maximum atomic E-state index is 11.4. The molecule has 5 aromatic rings. The summed E-state index contributed by atoms with van der Waals surface area (Å²) < 4.78 is 2.06. The number of H-pyrrole nitrogens is 1. The van der Waals surface area contributed by atoms with Gasteiger partial charge in [0.25, 0.3) is 0 Å². The Balaban J connectivity index is 1.53. The van der Waals surface area contributed by atoms with E-state index in [0.717, 1.165) is 63.3 Å². The Hall–Kier alpha value is -3.84. The standard InChI is InChI=1S/C26H26N6O/c1-4-7-20-15-32-23(16(2)14-17(3)26(32)27-20)24(33)19-12-10-18(11-13-19)21-8-5-6-9-22(21)25-28-30-31-29-25/h5-6,8-15,24,33H,4,7H2,1-3H3,(H,28,29,30,31). The normalized spacial score (nSPS) is 12.4. The molecule has 7 nitrogen and oxygen atoms in total. The molecule has 0 spiro atoms. The maximum Gasteiger partial charge on any atom is 0.205 e. The molecule has 2 N–H and O–H groups in total. The predicted octanol–water partition coefficient (Wildman–Crippen LogP) is 4.83. The molecule has 33 heavy (non-hydrogen) atoms. The molecule has 0 aliphatic rings. The molecule has 3 heterocycles. The lowest BCUT2D eigenvalue weighted by Gasteiger charge is -2.18. The molecule has 0 radical (unpaired) electrons. The van der Waals surface area contributed by atoms with Crippen molar-refractivity contribution in [2.24, 2.45) is 0 Å². The summed E-state index contributed by atoms with van der Waals surface area (Å²) in [5.74, 6) is 0.551. The highest BCUT2D eigenvalue weighted by atomic mass is 16.3. The summed E-state index contributed by atoms with van der Waals surface area (Å²) in [6, 6.07) is 18.0. The fourth-order valence-electron chi connectivity index (χ4n) is 4.48. The van der Waals surface area contributed by atoms with E-state index >= 15 is 0 Å². The van der Waals surface area contributed by atoms with Gasteiger partial charge in [-0.15, -0.1) is 10.2 Å². The van der Waals surface area contributed by atoms with Crippen LogP contribution in [-0.2, 0) is 6.42 Å². The van der Waals surface area contributed by atoms with E-state index in [9.17, 15) is 5.11 Å². The van der Waals surface area contributed by atoms with Gasteiger partial charge in [-0.25, -0.2) is 4.98 Å². The van der Waals surface area contributed by atoms with Crippen LogP contribution in [0.5, 0.6) is 0 Å². The van der Waals surface area contributed by atoms with Gasteiger partial charge in [-0.05, 0) is 53.3 Å². The number of rotatable bonds is 6. The van der Waals surface area contributed by atoms with E-state index in [2.05, 4.69) is 51.1 Å². The van der Waals surface area contributed by atoms with Crippen molar-refractivity contribution in [3.8, 4) is 22.5 Å². The first-order chi connectivity index (χ1) is 16.1. The zero-order valence-corrected chi connectivity index (χ0v) is 18.9. The number of hydrogen-bond donors (Lipinski definition) is 2. The monoisotopic (exact) mass is 438 g/mol. The van der Waals surface area contributed by atoms with Crippen molar-refractivity contribution < 1.29 is 5.11 Å². The molecule has 0 saturated carbocycles. The molecule has 0 aliphatic heterocycles. The van der Waals surface area contributed by atoms with E-state index in [-0.39, 0.29) is 0 Å². The molecule has 1 unspecified atom stereocenters. The fourth-order valence-corrected chi connectivity index (χ4v) is 4.48. The van der Waals surface area contributed by atoms with E-state index in [0.29, 0.717) is 5.82 Å². The summed E-state index contributed by atoms with van der Waals surface area (Å²) in [5.41, 5.74) is 8.71. The lowest BCUT2D eigenvalue weighted by molar-refractivity contribution is 0.213. The molecule has 0 saturated heterocycles. The van der Waals surface area contributed by atoms with Crippen LogP contribution >= 0.6 is 0 Å². The number of imidazole rings is 1. The Labute approximate surface area is 192 Å². The van der Waals surface area contributed by atoms with Crippen LogP contribution in [0.4, 0.5) is 0 Å². The van der Waals surface area contributed by atoms with Gasteiger partial charge in [0.2, 0.25) is 5.82 Å². The first-order valence-electron chi connectivity index (χ1n) is 11.2. The van der Waals surface area contributed by atoms with E-state index < -0.39 is 6.10 Å². The molecule has 5 rings (SSSR count). The van der Waals surface area contributed by atoms with Crippen LogP contribution in [-0.4, -0.2) is 35.1 Å². The van der Waals surface area contributed by atoms with E-state index in [1.165, 1.54) is 0 Å². The zero-order valence-electron chi connectivity index (χ0n) is 18.9. The van der Waals surface area contributed by atoms with E-state index in [1.807, 2.05) is 55.5 Å². The number of aryl methyl sites for hydroxylation is 3. The molecule has 7 heteroatoms. The van der Waals surface area contributed by atoms with Gasteiger partial charge in [-0.2, -0.15) is 5.21 Å². The van der Waals surface area contributed by atoms with Gasteiger partial charge in [-0.3, -0.25) is 0 Å². The highest BCUT2D eigenvalue weighted by molar-refractivity contribution is 5.80. The number of nitrogens with zero attached hydrogens (tertiary/aromatic N) is 5. The fraction of sp³-hybridized carbons (Fsp3) is 0.231. The van der Waals surface area contributed by atoms with Gasteiger partial charge >= 0.3 is 0 Å². The number of aliphatic hydroxyl groups excluding tert-OH is 1. The summed E-state index contributed by atoms with van der Waals surface area (Å²) >= 11 is 0. The van der Waals surface area contributed by atoms with Crippen molar-refractivity contribution in [1.29, 1.82) is 0 Å². The largest absolute Gasteiger partial charge is 0.382 e. The van der Waals surface area contributed by atoms with Crippen molar-refractivity contribution in [2.75, 3.05) is 0 Å². The number of nitrogens with one attached hydrogen (secondary N) is 1. The molecule has 0 fully saturated rings. The molecule has 0 aliphatic carbocycles. The number of benzene rings is 2. The minimum atomic E-state index is -0.765. The van der Waals surface area contributed by atoms with Crippen LogP contribution in [0.25, 0.3) is 28.2 Å². The zero-order chi connectivity index (χ0) is 22.9. The Morgan fingerprint density at radius 1 is 1.00 bits per heavy atom. The van der Waals surface area contributed by atoms with Crippen LogP contribution < -0.4 is 0 Å². The molecule has 2 aromatic carbocycles. The Kier molecular flexibility index (Phi) is 5.48. The lowest BCUT2D eigenvalue weighted by atomic mass is 9.95. The van der Waals surface area contributed by atoms with Crippen molar-refractivity contribution in [3.05, 3.63) is 88.9 Å². The van der Waals surface area contributed by atoms with Crippen LogP contribution in [0.1, 0.15) is 47.5 Å². The summed E-state index contributed by atoms with van der Waals surface area (Å²) in [5, 5.41) is 25.8. The summed E-state index contributed by atoms with van der Waals surface area (Å²) in [6.07, 6.45) is 3.25. The van der Waals surface area contributed by atoms with Gasteiger partial charge in [-0.1, -0.05) is 67.9 Å². The number of aliphatic hydroxyl groups is 1. The molecule has 0 amide bonds. The minimum Gasteiger partial charge on any atom is -0.382 e. The lowest BCUT2D eigenvalue weighted by Crippen LogP contribution is -2.09. The molecule has 1 atom stereocenters. The SMILES string of the molecule is CCCc1cn2c(C(O)c3ccc(-c4ccccc4-c4nn[nH]n4)cc3)c(C)cc(C)c2n1. The van der Waals surface area contributed by atoms with Crippen molar-refractivity contribution >= 4 is 5.65 Å². The average Bonchev–Trinajstić information content (AvgIpc) is 3.50. The maximum absolute atomic E-state index is 11.4. The van der Waals surface area contributed by atoms with Gasteiger partial charge in [0, 0.05) is 11.8 Å². The second-order valence-corrected chi connectivity index (χ2v) is 8.38. The molecule has 0 bridgehead atoms. The average molecular weight is 439 g/mol. The first-order valence-corrected chi connectivity index (χ1v) is 11.2.